The molecule has 1 aliphatic rings. The molecule has 2 N–H and O–H groups in total. The van der Waals surface area contributed by atoms with Crippen LogP contribution in [-0.2, 0) is 20.9 Å². The second-order valence-corrected chi connectivity index (χ2v) is 5.50. The summed E-state index contributed by atoms with van der Waals surface area (Å²) in [5.41, 5.74) is 1.71. The fourth-order valence-electron chi connectivity index (χ4n) is 2.13. The Morgan fingerprint density at radius 1 is 1.57 bits per heavy atom. The van der Waals surface area contributed by atoms with E-state index >= 15 is 0 Å². The highest BCUT2D eigenvalue weighted by Crippen LogP contribution is 2.25. The van der Waals surface area contributed by atoms with Crippen LogP contribution in [-0.4, -0.2) is 38.8 Å². The van der Waals surface area contributed by atoms with Gasteiger partial charge in [0.05, 0.1) is 25.7 Å². The molecule has 0 bridgehead atoms. The van der Waals surface area contributed by atoms with Gasteiger partial charge >= 0.3 is 0 Å². The first-order chi connectivity index (χ1) is 9.70. The first-order valence-corrected chi connectivity index (χ1v) is 7.38. The maximum Gasteiger partial charge on any atom is 0.227 e. The summed E-state index contributed by atoms with van der Waals surface area (Å²) in [6, 6.07) is 5.69. The molecule has 0 aliphatic carbocycles. The highest BCUT2D eigenvalue weighted by atomic mass is 79.9. The summed E-state index contributed by atoms with van der Waals surface area (Å²) in [7, 11) is 1.63. The fourth-order valence-corrected chi connectivity index (χ4v) is 2.61. The molecule has 0 aromatic heterocycles. The first-order valence-electron chi connectivity index (χ1n) is 6.59. The molecule has 1 aromatic carbocycles. The van der Waals surface area contributed by atoms with Crippen LogP contribution in [0.4, 0.5) is 5.69 Å². The minimum Gasteiger partial charge on any atom is -0.380 e. The molecule has 1 amide bonds. The number of halogens is 2. The maximum atomic E-state index is 12.1. The number of methoxy groups -OCH3 is 1. The number of hydrogen-bond donors (Lipinski definition) is 2. The molecule has 1 aliphatic heterocycles. The van der Waals surface area contributed by atoms with Gasteiger partial charge in [0.1, 0.15) is 0 Å². The lowest BCUT2D eigenvalue weighted by Crippen LogP contribution is -2.40. The molecule has 2 rings (SSSR count). The van der Waals surface area contributed by atoms with Crippen molar-refractivity contribution < 1.29 is 14.3 Å². The van der Waals surface area contributed by atoms with Gasteiger partial charge in [0.25, 0.3) is 0 Å². The molecule has 0 saturated carbocycles. The number of anilines is 1. The van der Waals surface area contributed by atoms with Gasteiger partial charge in [-0.2, -0.15) is 0 Å². The van der Waals surface area contributed by atoms with Crippen molar-refractivity contribution in [3.8, 4) is 0 Å². The molecule has 21 heavy (non-hydrogen) atoms. The monoisotopic (exact) mass is 378 g/mol. The predicted molar refractivity (Wildman–Crippen MR) is 88.0 cm³/mol. The molecule has 1 atom stereocenters. The lowest BCUT2D eigenvalue weighted by molar-refractivity contribution is -0.119. The highest BCUT2D eigenvalue weighted by molar-refractivity contribution is 9.10. The van der Waals surface area contributed by atoms with Crippen molar-refractivity contribution >= 4 is 39.9 Å². The lowest BCUT2D eigenvalue weighted by Gasteiger charge is -2.23. The van der Waals surface area contributed by atoms with Crippen LogP contribution >= 0.6 is 28.3 Å². The third-order valence-corrected chi connectivity index (χ3v) is 3.84. The zero-order chi connectivity index (χ0) is 14.4. The largest absolute Gasteiger partial charge is 0.380 e. The Morgan fingerprint density at radius 2 is 2.38 bits per heavy atom. The molecule has 1 unspecified atom stereocenters. The van der Waals surface area contributed by atoms with Crippen LogP contribution in [0.2, 0.25) is 0 Å². The Hall–Kier alpha value is -0.660. The van der Waals surface area contributed by atoms with Crippen LogP contribution in [0.3, 0.4) is 0 Å². The molecule has 1 fully saturated rings. The smallest absolute Gasteiger partial charge is 0.227 e. The van der Waals surface area contributed by atoms with E-state index in [2.05, 4.69) is 26.6 Å². The summed E-state index contributed by atoms with van der Waals surface area (Å²) in [6.45, 7) is 2.67. The van der Waals surface area contributed by atoms with E-state index in [4.69, 9.17) is 9.47 Å². The van der Waals surface area contributed by atoms with E-state index in [1.54, 1.807) is 7.11 Å². The summed E-state index contributed by atoms with van der Waals surface area (Å²) in [5.74, 6) is -0.0471. The van der Waals surface area contributed by atoms with Crippen molar-refractivity contribution in [2.24, 2.45) is 0 Å². The lowest BCUT2D eigenvalue weighted by atomic mass is 10.1. The second-order valence-electron chi connectivity index (χ2n) is 4.65. The topological polar surface area (TPSA) is 59.6 Å². The third kappa shape index (κ3) is 5.56. The standard InChI is InChI=1S/C14H19BrN2O3.ClH/c1-19-9-11-12(15)3-2-4-13(11)17-14(18)7-10-8-16-5-6-20-10;/h2-4,10,16H,5-9H2,1H3,(H,17,18);1H. The zero-order valence-electron chi connectivity index (χ0n) is 11.9. The van der Waals surface area contributed by atoms with Crippen molar-refractivity contribution in [2.45, 2.75) is 19.1 Å². The van der Waals surface area contributed by atoms with Gasteiger partial charge < -0.3 is 20.1 Å². The third-order valence-electron chi connectivity index (χ3n) is 3.10. The molecule has 0 spiro atoms. The number of ether oxygens (including phenoxy) is 2. The summed E-state index contributed by atoms with van der Waals surface area (Å²) in [4.78, 5) is 12.1. The quantitative estimate of drug-likeness (QED) is 0.824. The molecule has 7 heteroatoms. The van der Waals surface area contributed by atoms with E-state index in [1.807, 2.05) is 18.2 Å². The Kier molecular flexibility index (Phi) is 8.21. The normalized spacial score (nSPS) is 17.9. The van der Waals surface area contributed by atoms with Crippen molar-refractivity contribution in [2.75, 3.05) is 32.1 Å². The summed E-state index contributed by atoms with van der Waals surface area (Å²) in [5, 5.41) is 6.14. The molecule has 0 radical (unpaired) electrons. The predicted octanol–water partition coefficient (Wildman–Crippen LogP) is 2.33. The SMILES string of the molecule is COCc1c(Br)cccc1NC(=O)CC1CNCCO1.Cl. The van der Waals surface area contributed by atoms with Crippen LogP contribution in [0.5, 0.6) is 0 Å². The molecule has 118 valence electrons. The Balaban J connectivity index is 0.00000220. The zero-order valence-corrected chi connectivity index (χ0v) is 14.3. The van der Waals surface area contributed by atoms with E-state index in [-0.39, 0.29) is 24.4 Å². The van der Waals surface area contributed by atoms with E-state index in [0.717, 1.165) is 28.8 Å². The van der Waals surface area contributed by atoms with E-state index in [0.29, 0.717) is 19.6 Å². The average Bonchev–Trinajstić information content (AvgIpc) is 2.44. The van der Waals surface area contributed by atoms with Crippen LogP contribution < -0.4 is 10.6 Å². The molecular weight excluding hydrogens is 360 g/mol. The Labute approximate surface area is 139 Å². The summed E-state index contributed by atoms with van der Waals surface area (Å²) < 4.78 is 11.6. The summed E-state index contributed by atoms with van der Waals surface area (Å²) >= 11 is 3.47. The minimum atomic E-state index is -0.0539. The summed E-state index contributed by atoms with van der Waals surface area (Å²) in [6.07, 6.45) is 0.299. The van der Waals surface area contributed by atoms with Gasteiger partial charge in [0.15, 0.2) is 0 Å². The second kappa shape index (κ2) is 9.38. The van der Waals surface area contributed by atoms with Gasteiger partial charge in [-0.3, -0.25) is 4.79 Å². The van der Waals surface area contributed by atoms with Crippen LogP contribution in [0.25, 0.3) is 0 Å². The molecule has 1 saturated heterocycles. The highest BCUT2D eigenvalue weighted by Gasteiger charge is 2.18. The molecular formula is C14H20BrClN2O3. The fraction of sp³-hybridized carbons (Fsp3) is 0.500. The molecule has 1 heterocycles. The Bertz CT molecular complexity index is 468. The van der Waals surface area contributed by atoms with E-state index in [1.165, 1.54) is 0 Å². The Morgan fingerprint density at radius 3 is 3.05 bits per heavy atom. The van der Waals surface area contributed by atoms with Crippen molar-refractivity contribution in [3.63, 3.8) is 0 Å². The number of rotatable bonds is 5. The van der Waals surface area contributed by atoms with Gasteiger partial charge in [-0.25, -0.2) is 0 Å². The van der Waals surface area contributed by atoms with E-state index in [9.17, 15) is 4.79 Å². The average molecular weight is 380 g/mol. The van der Waals surface area contributed by atoms with Gasteiger partial charge in [-0.15, -0.1) is 12.4 Å². The number of benzene rings is 1. The van der Waals surface area contributed by atoms with Crippen molar-refractivity contribution in [1.29, 1.82) is 0 Å². The van der Waals surface area contributed by atoms with Crippen LogP contribution in [0.1, 0.15) is 12.0 Å². The first kappa shape index (κ1) is 18.4. The van der Waals surface area contributed by atoms with Gasteiger partial charge in [-0.05, 0) is 12.1 Å². The van der Waals surface area contributed by atoms with E-state index < -0.39 is 0 Å². The molecule has 5 nitrogen and oxygen atoms in total. The maximum absolute atomic E-state index is 12.1. The van der Waals surface area contributed by atoms with Crippen molar-refractivity contribution in [3.05, 3.63) is 28.2 Å². The van der Waals surface area contributed by atoms with Gasteiger partial charge in [0, 0.05) is 35.9 Å². The number of amides is 1. The number of morpholine rings is 1. The van der Waals surface area contributed by atoms with Crippen LogP contribution in [0, 0.1) is 0 Å². The molecule has 1 aromatic rings. The number of carbonyl (C=O) groups excluding carboxylic acids is 1. The number of carbonyl (C=O) groups is 1. The number of nitrogens with one attached hydrogen (secondary N) is 2. The minimum absolute atomic E-state index is 0. The van der Waals surface area contributed by atoms with Gasteiger partial charge in [0.2, 0.25) is 5.91 Å². The van der Waals surface area contributed by atoms with Gasteiger partial charge in [-0.1, -0.05) is 22.0 Å². The van der Waals surface area contributed by atoms with Crippen LogP contribution in [0.15, 0.2) is 22.7 Å². The number of hydrogen-bond acceptors (Lipinski definition) is 4. The van der Waals surface area contributed by atoms with Crippen molar-refractivity contribution in [1.82, 2.24) is 5.32 Å².